The van der Waals surface area contributed by atoms with Crippen molar-refractivity contribution >= 4 is 11.7 Å². The molecule has 6 heteroatoms. The summed E-state index contributed by atoms with van der Waals surface area (Å²) in [6.07, 6.45) is 5.11. The van der Waals surface area contributed by atoms with Crippen LogP contribution in [-0.2, 0) is 5.41 Å². The maximum Gasteiger partial charge on any atom is 0.289 e. The summed E-state index contributed by atoms with van der Waals surface area (Å²) in [7, 11) is 0. The number of nitrogens with zero attached hydrogens (tertiary/aromatic N) is 3. The van der Waals surface area contributed by atoms with Crippen LogP contribution in [0, 0.1) is 0 Å². The Kier molecular flexibility index (Phi) is 4.55. The molecule has 3 rings (SSSR count). The molecule has 1 aliphatic heterocycles. The molecule has 3 heterocycles. The van der Waals surface area contributed by atoms with Gasteiger partial charge in [-0.2, -0.15) is 0 Å². The first kappa shape index (κ1) is 16.5. The molecule has 2 aromatic heterocycles. The molecule has 0 radical (unpaired) electrons. The number of likely N-dealkylation sites (tertiary alicyclic amines) is 1. The van der Waals surface area contributed by atoms with Gasteiger partial charge >= 0.3 is 0 Å². The third-order valence-corrected chi connectivity index (χ3v) is 4.19. The average molecular weight is 328 g/mol. The molecule has 128 valence electrons. The van der Waals surface area contributed by atoms with E-state index in [1.807, 2.05) is 11.0 Å². The van der Waals surface area contributed by atoms with E-state index in [2.05, 4.69) is 36.1 Å². The van der Waals surface area contributed by atoms with Crippen molar-refractivity contribution in [2.75, 3.05) is 18.4 Å². The lowest BCUT2D eigenvalue weighted by Gasteiger charge is -2.32. The van der Waals surface area contributed by atoms with E-state index >= 15 is 0 Å². The summed E-state index contributed by atoms with van der Waals surface area (Å²) in [5.41, 5.74) is -0.0729. The summed E-state index contributed by atoms with van der Waals surface area (Å²) < 4.78 is 5.19. The fourth-order valence-electron chi connectivity index (χ4n) is 2.79. The number of nitrogens with one attached hydrogen (secondary N) is 1. The molecule has 2 aromatic rings. The largest absolute Gasteiger partial charge is 0.459 e. The molecule has 1 saturated heterocycles. The molecule has 0 aromatic carbocycles. The van der Waals surface area contributed by atoms with Crippen LogP contribution < -0.4 is 5.32 Å². The molecule has 0 aliphatic carbocycles. The standard InChI is InChI=1S/C18H24N4O2/c1-18(2,3)17-19-9-6-15(21-17)20-13-7-10-22(11-8-13)16(23)14-5-4-12-24-14/h4-6,9,12-13H,7-8,10-11H2,1-3H3,(H,19,20,21). The van der Waals surface area contributed by atoms with Crippen molar-refractivity contribution in [3.63, 3.8) is 0 Å². The van der Waals surface area contributed by atoms with Gasteiger partial charge in [0, 0.05) is 30.7 Å². The SMILES string of the molecule is CC(C)(C)c1nccc(NC2CCN(C(=O)c3ccco3)CC2)n1. The number of hydrogen-bond acceptors (Lipinski definition) is 5. The zero-order chi connectivity index (χ0) is 17.2. The van der Waals surface area contributed by atoms with Gasteiger partial charge in [-0.15, -0.1) is 0 Å². The Morgan fingerprint density at radius 2 is 2.04 bits per heavy atom. The van der Waals surface area contributed by atoms with Crippen LogP contribution in [0.2, 0.25) is 0 Å². The Hall–Kier alpha value is -2.37. The van der Waals surface area contributed by atoms with E-state index in [9.17, 15) is 4.79 Å². The van der Waals surface area contributed by atoms with E-state index < -0.39 is 0 Å². The van der Waals surface area contributed by atoms with Crippen molar-refractivity contribution in [1.82, 2.24) is 14.9 Å². The second kappa shape index (κ2) is 6.63. The van der Waals surface area contributed by atoms with Crippen LogP contribution in [0.25, 0.3) is 0 Å². The number of anilines is 1. The molecular formula is C18H24N4O2. The third-order valence-electron chi connectivity index (χ3n) is 4.19. The minimum atomic E-state index is -0.0729. The van der Waals surface area contributed by atoms with Crippen LogP contribution in [0.4, 0.5) is 5.82 Å². The molecule has 0 spiro atoms. The smallest absolute Gasteiger partial charge is 0.289 e. The maximum atomic E-state index is 12.3. The van der Waals surface area contributed by atoms with Gasteiger partial charge in [-0.25, -0.2) is 9.97 Å². The first-order valence-corrected chi connectivity index (χ1v) is 8.36. The highest BCUT2D eigenvalue weighted by atomic mass is 16.3. The van der Waals surface area contributed by atoms with Crippen LogP contribution in [0.1, 0.15) is 50.0 Å². The summed E-state index contributed by atoms with van der Waals surface area (Å²) >= 11 is 0. The number of furan rings is 1. The fraction of sp³-hybridized carbons (Fsp3) is 0.500. The van der Waals surface area contributed by atoms with Crippen LogP contribution in [0.15, 0.2) is 35.1 Å². The van der Waals surface area contributed by atoms with E-state index in [0.717, 1.165) is 24.5 Å². The van der Waals surface area contributed by atoms with Crippen molar-refractivity contribution in [2.24, 2.45) is 0 Å². The van der Waals surface area contributed by atoms with Crippen LogP contribution in [-0.4, -0.2) is 39.9 Å². The minimum Gasteiger partial charge on any atom is -0.459 e. The molecule has 6 nitrogen and oxygen atoms in total. The molecule has 0 unspecified atom stereocenters. The van der Waals surface area contributed by atoms with Crippen LogP contribution in [0.3, 0.4) is 0 Å². The Balaban J connectivity index is 1.57. The second-order valence-corrected chi connectivity index (χ2v) is 7.20. The third kappa shape index (κ3) is 3.75. The molecular weight excluding hydrogens is 304 g/mol. The Labute approximate surface area is 142 Å². The molecule has 0 atom stereocenters. The van der Waals surface area contributed by atoms with Crippen molar-refractivity contribution < 1.29 is 9.21 Å². The van der Waals surface area contributed by atoms with Gasteiger partial charge in [-0.3, -0.25) is 4.79 Å². The van der Waals surface area contributed by atoms with Crippen molar-refractivity contribution in [2.45, 2.75) is 45.1 Å². The van der Waals surface area contributed by atoms with Crippen LogP contribution in [0.5, 0.6) is 0 Å². The van der Waals surface area contributed by atoms with E-state index in [4.69, 9.17) is 4.42 Å². The van der Waals surface area contributed by atoms with Gasteiger partial charge in [0.25, 0.3) is 5.91 Å². The van der Waals surface area contributed by atoms with E-state index in [0.29, 0.717) is 24.9 Å². The van der Waals surface area contributed by atoms with E-state index in [-0.39, 0.29) is 11.3 Å². The van der Waals surface area contributed by atoms with Gasteiger partial charge in [-0.05, 0) is 31.0 Å². The first-order valence-electron chi connectivity index (χ1n) is 8.36. The highest BCUT2D eigenvalue weighted by Crippen LogP contribution is 2.21. The fourth-order valence-corrected chi connectivity index (χ4v) is 2.79. The van der Waals surface area contributed by atoms with Gasteiger partial charge < -0.3 is 14.6 Å². The van der Waals surface area contributed by atoms with Crippen molar-refractivity contribution in [1.29, 1.82) is 0 Å². The number of amides is 1. The predicted octanol–water partition coefficient (Wildman–Crippen LogP) is 3.08. The van der Waals surface area contributed by atoms with Crippen molar-refractivity contribution in [3.05, 3.63) is 42.2 Å². The highest BCUT2D eigenvalue weighted by Gasteiger charge is 2.25. The number of hydrogen-bond donors (Lipinski definition) is 1. The molecule has 0 saturated carbocycles. The zero-order valence-electron chi connectivity index (χ0n) is 14.5. The minimum absolute atomic E-state index is 0.0319. The highest BCUT2D eigenvalue weighted by molar-refractivity contribution is 5.91. The molecule has 1 N–H and O–H groups in total. The lowest BCUT2D eigenvalue weighted by molar-refractivity contribution is 0.0686. The van der Waals surface area contributed by atoms with E-state index in [1.165, 1.54) is 6.26 Å². The lowest BCUT2D eigenvalue weighted by Crippen LogP contribution is -2.42. The van der Waals surface area contributed by atoms with Crippen molar-refractivity contribution in [3.8, 4) is 0 Å². The maximum absolute atomic E-state index is 12.3. The summed E-state index contributed by atoms with van der Waals surface area (Å²) in [4.78, 5) is 23.1. The summed E-state index contributed by atoms with van der Waals surface area (Å²) in [5.74, 6) is 2.06. The predicted molar refractivity (Wildman–Crippen MR) is 92.0 cm³/mol. The number of carbonyl (C=O) groups is 1. The molecule has 1 fully saturated rings. The molecule has 1 amide bonds. The Morgan fingerprint density at radius 3 is 2.67 bits per heavy atom. The monoisotopic (exact) mass is 328 g/mol. The molecule has 0 bridgehead atoms. The summed E-state index contributed by atoms with van der Waals surface area (Å²) in [6.45, 7) is 7.74. The number of rotatable bonds is 3. The normalized spacial score (nSPS) is 16.2. The van der Waals surface area contributed by atoms with Gasteiger partial charge in [0.15, 0.2) is 5.76 Å². The first-order chi connectivity index (χ1) is 11.4. The number of aromatic nitrogens is 2. The lowest BCUT2D eigenvalue weighted by atomic mass is 9.96. The summed E-state index contributed by atoms with van der Waals surface area (Å²) in [6, 6.07) is 5.66. The quantitative estimate of drug-likeness (QED) is 0.937. The van der Waals surface area contributed by atoms with Gasteiger partial charge in [0.05, 0.1) is 6.26 Å². The Morgan fingerprint density at radius 1 is 1.29 bits per heavy atom. The van der Waals surface area contributed by atoms with Gasteiger partial charge in [0.2, 0.25) is 0 Å². The number of carbonyl (C=O) groups excluding carboxylic acids is 1. The average Bonchev–Trinajstić information content (AvgIpc) is 3.09. The second-order valence-electron chi connectivity index (χ2n) is 7.20. The molecule has 1 aliphatic rings. The Bertz CT molecular complexity index is 683. The van der Waals surface area contributed by atoms with Gasteiger partial charge in [0.1, 0.15) is 11.6 Å². The van der Waals surface area contributed by atoms with E-state index in [1.54, 1.807) is 18.3 Å². The molecule has 24 heavy (non-hydrogen) atoms. The topological polar surface area (TPSA) is 71.3 Å². The summed E-state index contributed by atoms with van der Waals surface area (Å²) in [5, 5.41) is 3.48. The number of piperidine rings is 1. The zero-order valence-corrected chi connectivity index (χ0v) is 14.5. The van der Waals surface area contributed by atoms with Crippen LogP contribution >= 0.6 is 0 Å². The van der Waals surface area contributed by atoms with Gasteiger partial charge in [-0.1, -0.05) is 20.8 Å².